The number of aromatic nitrogens is 2. The van der Waals surface area contributed by atoms with Gasteiger partial charge in [-0.05, 0) is 37.3 Å². The molecule has 4 nitrogen and oxygen atoms in total. The summed E-state index contributed by atoms with van der Waals surface area (Å²) in [5.74, 6) is 1.73. The lowest BCUT2D eigenvalue weighted by Crippen LogP contribution is -1.80. The predicted molar refractivity (Wildman–Crippen MR) is 67.2 cm³/mol. The molecule has 0 amide bonds. The van der Waals surface area contributed by atoms with Gasteiger partial charge in [-0.3, -0.25) is 0 Å². The minimum Gasteiger partial charge on any atom is -0.469 e. The van der Waals surface area contributed by atoms with Gasteiger partial charge >= 0.3 is 0 Å². The first-order valence-corrected chi connectivity index (χ1v) is 5.76. The minimum absolute atomic E-state index is 0.450. The van der Waals surface area contributed by atoms with Crippen molar-refractivity contribution in [3.63, 3.8) is 0 Å². The highest BCUT2D eigenvalue weighted by molar-refractivity contribution is 6.30. The van der Waals surface area contributed by atoms with Crippen LogP contribution in [0.25, 0.3) is 22.8 Å². The largest absolute Gasteiger partial charge is 0.469 e. The van der Waals surface area contributed by atoms with Crippen LogP contribution < -0.4 is 0 Å². The fourth-order valence-electron chi connectivity index (χ4n) is 1.66. The van der Waals surface area contributed by atoms with Crippen molar-refractivity contribution >= 4 is 11.6 Å². The number of aryl methyl sites for hydroxylation is 1. The summed E-state index contributed by atoms with van der Waals surface area (Å²) in [5.41, 5.74) is 1.67. The average molecular weight is 261 g/mol. The van der Waals surface area contributed by atoms with Crippen molar-refractivity contribution in [2.24, 2.45) is 0 Å². The van der Waals surface area contributed by atoms with Gasteiger partial charge < -0.3 is 8.94 Å². The molecule has 0 radical (unpaired) electrons. The van der Waals surface area contributed by atoms with Crippen LogP contribution in [0.2, 0.25) is 5.02 Å². The topological polar surface area (TPSA) is 52.1 Å². The van der Waals surface area contributed by atoms with Crippen molar-refractivity contribution < 1.29 is 8.94 Å². The van der Waals surface area contributed by atoms with Gasteiger partial charge in [0.05, 0.1) is 11.8 Å². The van der Waals surface area contributed by atoms with E-state index in [1.807, 2.05) is 19.1 Å². The number of benzene rings is 1. The van der Waals surface area contributed by atoms with Crippen molar-refractivity contribution in [1.82, 2.24) is 10.1 Å². The third kappa shape index (κ3) is 1.91. The number of nitrogens with zero attached hydrogens (tertiary/aromatic N) is 2. The van der Waals surface area contributed by atoms with Crippen molar-refractivity contribution in [2.45, 2.75) is 6.92 Å². The Balaban J connectivity index is 1.99. The second-order valence-electron chi connectivity index (χ2n) is 3.82. The molecule has 5 heteroatoms. The summed E-state index contributed by atoms with van der Waals surface area (Å²) in [6, 6.07) is 9.07. The molecule has 2 heterocycles. The molecule has 0 aliphatic carbocycles. The van der Waals surface area contributed by atoms with Crippen LogP contribution in [0.1, 0.15) is 5.76 Å². The van der Waals surface area contributed by atoms with Gasteiger partial charge in [-0.2, -0.15) is 4.98 Å². The van der Waals surface area contributed by atoms with Gasteiger partial charge in [-0.15, -0.1) is 0 Å². The maximum atomic E-state index is 5.83. The summed E-state index contributed by atoms with van der Waals surface area (Å²) in [7, 11) is 0. The van der Waals surface area contributed by atoms with E-state index in [-0.39, 0.29) is 0 Å². The maximum absolute atomic E-state index is 5.83. The highest BCUT2D eigenvalue weighted by Crippen LogP contribution is 2.25. The van der Waals surface area contributed by atoms with Crippen molar-refractivity contribution in [3.8, 4) is 22.8 Å². The molecule has 3 rings (SSSR count). The zero-order valence-electron chi connectivity index (χ0n) is 9.55. The van der Waals surface area contributed by atoms with Gasteiger partial charge in [-0.25, -0.2) is 0 Å². The lowest BCUT2D eigenvalue weighted by atomic mass is 10.2. The molecule has 3 aromatic rings. The van der Waals surface area contributed by atoms with Gasteiger partial charge in [0.25, 0.3) is 5.89 Å². The van der Waals surface area contributed by atoms with Crippen LogP contribution in [0.5, 0.6) is 0 Å². The van der Waals surface area contributed by atoms with Crippen LogP contribution in [-0.2, 0) is 0 Å². The van der Waals surface area contributed by atoms with Gasteiger partial charge in [0.2, 0.25) is 5.82 Å². The Bertz CT molecular complexity index is 670. The van der Waals surface area contributed by atoms with E-state index in [1.54, 1.807) is 24.5 Å². The van der Waals surface area contributed by atoms with E-state index >= 15 is 0 Å². The van der Waals surface area contributed by atoms with Crippen LogP contribution in [0.3, 0.4) is 0 Å². The SMILES string of the molecule is Cc1occc1-c1nc(-c2ccc(Cl)cc2)no1. The fourth-order valence-corrected chi connectivity index (χ4v) is 1.78. The molecular formula is C13H9ClN2O2. The quantitative estimate of drug-likeness (QED) is 0.700. The first-order chi connectivity index (χ1) is 8.74. The highest BCUT2D eigenvalue weighted by atomic mass is 35.5. The van der Waals surface area contributed by atoms with Gasteiger partial charge in [0, 0.05) is 10.6 Å². The van der Waals surface area contributed by atoms with Crippen LogP contribution in [-0.4, -0.2) is 10.1 Å². The van der Waals surface area contributed by atoms with E-state index < -0.39 is 0 Å². The molecular weight excluding hydrogens is 252 g/mol. The Morgan fingerprint density at radius 1 is 1.11 bits per heavy atom. The van der Waals surface area contributed by atoms with E-state index in [1.165, 1.54) is 0 Å². The zero-order valence-corrected chi connectivity index (χ0v) is 10.3. The molecule has 0 saturated carbocycles. The summed E-state index contributed by atoms with van der Waals surface area (Å²) in [6.45, 7) is 1.85. The second-order valence-corrected chi connectivity index (χ2v) is 4.26. The lowest BCUT2D eigenvalue weighted by molar-refractivity contribution is 0.430. The predicted octanol–water partition coefficient (Wildman–Crippen LogP) is 3.96. The summed E-state index contributed by atoms with van der Waals surface area (Å²) in [5, 5.41) is 4.62. The maximum Gasteiger partial charge on any atom is 0.261 e. The molecule has 0 N–H and O–H groups in total. The molecule has 18 heavy (non-hydrogen) atoms. The van der Waals surface area contributed by atoms with Crippen LogP contribution in [0.4, 0.5) is 0 Å². The fraction of sp³-hybridized carbons (Fsp3) is 0.0769. The third-order valence-corrected chi connectivity index (χ3v) is 2.87. The number of rotatable bonds is 2. The molecule has 0 atom stereocenters. The smallest absolute Gasteiger partial charge is 0.261 e. The Labute approximate surface area is 108 Å². The Morgan fingerprint density at radius 2 is 1.89 bits per heavy atom. The lowest BCUT2D eigenvalue weighted by Gasteiger charge is -1.93. The molecule has 0 unspecified atom stereocenters. The van der Waals surface area contributed by atoms with Crippen molar-refractivity contribution in [2.75, 3.05) is 0 Å². The molecule has 0 aliphatic rings. The van der Waals surface area contributed by atoms with Crippen LogP contribution in [0.15, 0.2) is 45.5 Å². The molecule has 0 aliphatic heterocycles. The average Bonchev–Trinajstić information content (AvgIpc) is 2.98. The Hall–Kier alpha value is -2.07. The molecule has 1 aromatic carbocycles. The van der Waals surface area contributed by atoms with E-state index in [4.69, 9.17) is 20.5 Å². The Morgan fingerprint density at radius 3 is 2.56 bits per heavy atom. The number of hydrogen-bond donors (Lipinski definition) is 0. The van der Waals surface area contributed by atoms with E-state index in [2.05, 4.69) is 10.1 Å². The molecule has 2 aromatic heterocycles. The third-order valence-electron chi connectivity index (χ3n) is 2.62. The van der Waals surface area contributed by atoms with Crippen molar-refractivity contribution in [3.05, 3.63) is 47.4 Å². The van der Waals surface area contributed by atoms with Crippen LogP contribution in [0, 0.1) is 6.92 Å². The van der Waals surface area contributed by atoms with Crippen molar-refractivity contribution in [1.29, 1.82) is 0 Å². The van der Waals surface area contributed by atoms with E-state index in [0.717, 1.165) is 16.9 Å². The Kier molecular flexibility index (Phi) is 2.64. The zero-order chi connectivity index (χ0) is 12.5. The number of hydrogen-bond acceptors (Lipinski definition) is 4. The van der Waals surface area contributed by atoms with Gasteiger partial charge in [0.1, 0.15) is 5.76 Å². The first-order valence-electron chi connectivity index (χ1n) is 5.38. The highest BCUT2D eigenvalue weighted by Gasteiger charge is 2.13. The van der Waals surface area contributed by atoms with E-state index in [0.29, 0.717) is 16.7 Å². The van der Waals surface area contributed by atoms with Crippen LogP contribution >= 0.6 is 11.6 Å². The summed E-state index contributed by atoms with van der Waals surface area (Å²) in [4.78, 5) is 4.33. The number of halogens is 1. The van der Waals surface area contributed by atoms with Gasteiger partial charge in [0.15, 0.2) is 0 Å². The first kappa shape index (κ1) is 11.0. The standard InChI is InChI=1S/C13H9ClN2O2/c1-8-11(6-7-17-8)13-15-12(16-18-13)9-2-4-10(14)5-3-9/h2-7H,1H3. The summed E-state index contributed by atoms with van der Waals surface area (Å²) >= 11 is 5.83. The number of furan rings is 1. The van der Waals surface area contributed by atoms with Gasteiger partial charge in [-0.1, -0.05) is 16.8 Å². The summed E-state index contributed by atoms with van der Waals surface area (Å²) in [6.07, 6.45) is 1.59. The molecule has 0 saturated heterocycles. The molecule has 0 bridgehead atoms. The second kappa shape index (κ2) is 4.31. The monoisotopic (exact) mass is 260 g/mol. The minimum atomic E-state index is 0.450. The summed E-state index contributed by atoms with van der Waals surface area (Å²) < 4.78 is 10.4. The molecule has 90 valence electrons. The molecule has 0 fully saturated rings. The molecule has 0 spiro atoms. The van der Waals surface area contributed by atoms with E-state index in [9.17, 15) is 0 Å². The normalized spacial score (nSPS) is 10.8.